The number of nitrogens with zero attached hydrogens (tertiary/aromatic N) is 7. The predicted molar refractivity (Wildman–Crippen MR) is 199 cm³/mol. The number of imidazole rings is 2. The van der Waals surface area contributed by atoms with Gasteiger partial charge in [-0.05, 0) is 41.5 Å². The van der Waals surface area contributed by atoms with Gasteiger partial charge in [0.25, 0.3) is 0 Å². The molecule has 0 atom stereocenters. The Morgan fingerprint density at radius 1 is 0.469 bits per heavy atom. The Morgan fingerprint density at radius 3 is 1.65 bits per heavy atom. The van der Waals surface area contributed by atoms with Crippen molar-refractivity contribution in [1.29, 1.82) is 0 Å². The SMILES string of the molecule is C=Cc1c(C=C)n2c(nc3c4ccccc4n(-c4ccccc4)c32)n1-c1nc(-c2ccccc2)nc(-c2ccc(-c3ccccc3)cc2)n1. The average Bonchev–Trinajstić information content (AvgIpc) is 3.81. The molecule has 0 fully saturated rings. The van der Waals surface area contributed by atoms with E-state index >= 15 is 0 Å². The van der Waals surface area contributed by atoms with Crippen molar-refractivity contribution >= 4 is 40.0 Å². The minimum absolute atomic E-state index is 0.437. The summed E-state index contributed by atoms with van der Waals surface area (Å²) in [6.07, 6.45) is 3.66. The number of aromatic nitrogens is 7. The highest BCUT2D eigenvalue weighted by Crippen LogP contribution is 2.36. The Morgan fingerprint density at radius 2 is 1.00 bits per heavy atom. The molecule has 9 rings (SSSR count). The third-order valence-corrected chi connectivity index (χ3v) is 8.90. The molecule has 0 aliphatic carbocycles. The van der Waals surface area contributed by atoms with E-state index in [9.17, 15) is 0 Å². The molecule has 0 aliphatic heterocycles. The summed E-state index contributed by atoms with van der Waals surface area (Å²) in [5.74, 6) is 2.21. The molecule has 0 unspecified atom stereocenters. The first-order chi connectivity index (χ1) is 24.2. The highest BCUT2D eigenvalue weighted by molar-refractivity contribution is 6.07. The van der Waals surface area contributed by atoms with Gasteiger partial charge in [-0.3, -0.25) is 8.97 Å². The normalized spacial score (nSPS) is 11.4. The molecule has 4 heterocycles. The Bertz CT molecular complexity index is 2660. The van der Waals surface area contributed by atoms with Gasteiger partial charge in [-0.25, -0.2) is 14.5 Å². The molecule has 7 nitrogen and oxygen atoms in total. The minimum atomic E-state index is 0.437. The molecule has 5 aromatic carbocycles. The summed E-state index contributed by atoms with van der Waals surface area (Å²) in [5, 5.41) is 1.05. The molecule has 0 radical (unpaired) electrons. The van der Waals surface area contributed by atoms with Gasteiger partial charge < -0.3 is 0 Å². The number of rotatable bonds is 7. The summed E-state index contributed by atoms with van der Waals surface area (Å²) in [6.45, 7) is 8.45. The zero-order valence-corrected chi connectivity index (χ0v) is 26.5. The summed E-state index contributed by atoms with van der Waals surface area (Å²) in [6, 6.07) is 47.3. The molecular weight excluding hydrogens is 603 g/mol. The van der Waals surface area contributed by atoms with Crippen molar-refractivity contribution in [2.45, 2.75) is 0 Å². The van der Waals surface area contributed by atoms with Crippen molar-refractivity contribution in [3.63, 3.8) is 0 Å². The van der Waals surface area contributed by atoms with Gasteiger partial charge in [0, 0.05) is 22.2 Å². The van der Waals surface area contributed by atoms with Gasteiger partial charge in [0.05, 0.1) is 16.9 Å². The fourth-order valence-corrected chi connectivity index (χ4v) is 6.66. The summed E-state index contributed by atoms with van der Waals surface area (Å²) in [4.78, 5) is 20.5. The van der Waals surface area contributed by atoms with Crippen LogP contribution in [0.25, 0.3) is 85.5 Å². The number of hydrogen-bond donors (Lipinski definition) is 0. The number of para-hydroxylation sites is 2. The standard InChI is InChI=1S/C42H29N7/c1-3-34-35(4-2)49(42-43-37-33-22-14-15-23-36(33)47(40(37)48(34)42)32-20-12-7-13-21-32)41-45-38(30-18-10-6-11-19-30)44-39(46-41)31-26-24-29(25-27-31)28-16-8-5-9-17-28/h3-27H,1-2H2. The van der Waals surface area contributed by atoms with Gasteiger partial charge in [0.15, 0.2) is 17.3 Å². The van der Waals surface area contributed by atoms with Crippen LogP contribution >= 0.6 is 0 Å². The van der Waals surface area contributed by atoms with Crippen molar-refractivity contribution in [2.24, 2.45) is 0 Å². The molecule has 0 amide bonds. The lowest BCUT2D eigenvalue weighted by Gasteiger charge is -2.11. The summed E-state index contributed by atoms with van der Waals surface area (Å²) in [5.41, 5.74) is 9.54. The van der Waals surface area contributed by atoms with E-state index in [1.54, 1.807) is 0 Å². The van der Waals surface area contributed by atoms with Crippen molar-refractivity contribution in [3.8, 4) is 45.5 Å². The van der Waals surface area contributed by atoms with Crippen LogP contribution in [0.4, 0.5) is 0 Å². The van der Waals surface area contributed by atoms with E-state index in [0.717, 1.165) is 61.4 Å². The van der Waals surface area contributed by atoms with Gasteiger partial charge in [-0.2, -0.15) is 9.97 Å². The van der Waals surface area contributed by atoms with E-state index in [1.165, 1.54) is 0 Å². The highest BCUT2D eigenvalue weighted by atomic mass is 15.3. The Kier molecular flexibility index (Phi) is 6.62. The Hall–Kier alpha value is -6.86. The van der Waals surface area contributed by atoms with Gasteiger partial charge in [-0.15, -0.1) is 0 Å². The summed E-state index contributed by atoms with van der Waals surface area (Å²) >= 11 is 0. The van der Waals surface area contributed by atoms with Crippen LogP contribution in [0, 0.1) is 0 Å². The van der Waals surface area contributed by atoms with Crippen LogP contribution in [-0.2, 0) is 0 Å². The van der Waals surface area contributed by atoms with E-state index in [-0.39, 0.29) is 0 Å². The minimum Gasteiger partial charge on any atom is -0.294 e. The largest absolute Gasteiger partial charge is 0.294 e. The zero-order valence-electron chi connectivity index (χ0n) is 26.5. The van der Waals surface area contributed by atoms with Crippen LogP contribution in [0.3, 0.4) is 0 Å². The van der Waals surface area contributed by atoms with Gasteiger partial charge in [0.1, 0.15) is 5.52 Å². The molecule has 0 bridgehead atoms. The molecule has 9 aromatic rings. The Labute approximate surface area is 282 Å². The fourth-order valence-electron chi connectivity index (χ4n) is 6.66. The monoisotopic (exact) mass is 631 g/mol. The van der Waals surface area contributed by atoms with Crippen molar-refractivity contribution in [1.82, 2.24) is 33.5 Å². The topological polar surface area (TPSA) is 65.8 Å². The second-order valence-electron chi connectivity index (χ2n) is 11.7. The van der Waals surface area contributed by atoms with E-state index in [4.69, 9.17) is 19.9 Å². The summed E-state index contributed by atoms with van der Waals surface area (Å²) in [7, 11) is 0. The first-order valence-electron chi connectivity index (χ1n) is 16.1. The molecule has 0 N–H and O–H groups in total. The molecule has 0 aliphatic rings. The lowest BCUT2D eigenvalue weighted by Crippen LogP contribution is -2.08. The van der Waals surface area contributed by atoms with Crippen LogP contribution < -0.4 is 0 Å². The molecule has 0 saturated heterocycles. The van der Waals surface area contributed by atoms with Crippen LogP contribution in [0.1, 0.15) is 11.4 Å². The maximum atomic E-state index is 5.30. The first-order valence-corrected chi connectivity index (χ1v) is 16.1. The molecule has 7 heteroatoms. The molecule has 49 heavy (non-hydrogen) atoms. The smallest absolute Gasteiger partial charge is 0.241 e. The van der Waals surface area contributed by atoms with Gasteiger partial charge in [0.2, 0.25) is 11.7 Å². The third-order valence-electron chi connectivity index (χ3n) is 8.90. The molecule has 4 aromatic heterocycles. The fraction of sp³-hybridized carbons (Fsp3) is 0. The maximum absolute atomic E-state index is 5.30. The van der Waals surface area contributed by atoms with Crippen LogP contribution in [0.2, 0.25) is 0 Å². The van der Waals surface area contributed by atoms with Crippen LogP contribution in [0.15, 0.2) is 153 Å². The Balaban J connectivity index is 1.33. The van der Waals surface area contributed by atoms with E-state index in [0.29, 0.717) is 23.4 Å². The van der Waals surface area contributed by atoms with Crippen molar-refractivity contribution in [3.05, 3.63) is 164 Å². The van der Waals surface area contributed by atoms with E-state index in [2.05, 4.69) is 88.9 Å². The summed E-state index contributed by atoms with van der Waals surface area (Å²) < 4.78 is 6.34. The zero-order chi connectivity index (χ0) is 32.9. The number of fused-ring (bicyclic) bond motifs is 5. The number of benzene rings is 5. The van der Waals surface area contributed by atoms with Crippen molar-refractivity contribution < 1.29 is 0 Å². The van der Waals surface area contributed by atoms with Gasteiger partial charge in [-0.1, -0.05) is 134 Å². The molecule has 232 valence electrons. The van der Waals surface area contributed by atoms with E-state index < -0.39 is 0 Å². The van der Waals surface area contributed by atoms with Crippen LogP contribution in [0.5, 0.6) is 0 Å². The third kappa shape index (κ3) is 4.52. The first kappa shape index (κ1) is 28.4. The van der Waals surface area contributed by atoms with E-state index in [1.807, 2.05) is 89.5 Å². The molecular formula is C42H29N7. The molecule has 0 saturated carbocycles. The lowest BCUT2D eigenvalue weighted by atomic mass is 10.0. The van der Waals surface area contributed by atoms with Crippen LogP contribution in [-0.4, -0.2) is 33.5 Å². The predicted octanol–water partition coefficient (Wildman–Crippen LogP) is 9.69. The van der Waals surface area contributed by atoms with Crippen molar-refractivity contribution in [2.75, 3.05) is 0 Å². The average molecular weight is 632 g/mol. The van der Waals surface area contributed by atoms with Gasteiger partial charge >= 0.3 is 0 Å². The quantitative estimate of drug-likeness (QED) is 0.176. The number of hydrogen-bond acceptors (Lipinski definition) is 4. The highest BCUT2D eigenvalue weighted by Gasteiger charge is 2.26. The lowest BCUT2D eigenvalue weighted by molar-refractivity contribution is 0.913. The second-order valence-corrected chi connectivity index (χ2v) is 11.7. The maximum Gasteiger partial charge on any atom is 0.241 e. The molecule has 0 spiro atoms. The second kappa shape index (κ2) is 11.4.